The zero-order chi connectivity index (χ0) is 20.7. The van der Waals surface area contributed by atoms with Gasteiger partial charge in [-0.05, 0) is 55.9 Å². The second-order valence-corrected chi connectivity index (χ2v) is 7.86. The van der Waals surface area contributed by atoms with E-state index in [1.807, 2.05) is 25.1 Å². The Balaban J connectivity index is 1.39. The van der Waals surface area contributed by atoms with E-state index in [1.165, 1.54) is 0 Å². The molecular formula is C22H21FN6O. The summed E-state index contributed by atoms with van der Waals surface area (Å²) in [5.41, 5.74) is 2.35. The molecular weight excluding hydrogens is 383 g/mol. The van der Waals surface area contributed by atoms with Crippen molar-refractivity contribution in [1.29, 1.82) is 0 Å². The Morgan fingerprint density at radius 1 is 1.13 bits per heavy atom. The molecule has 2 fully saturated rings. The highest BCUT2D eigenvalue weighted by atomic mass is 19.1. The molecule has 3 atom stereocenters. The maximum absolute atomic E-state index is 13.2. The molecule has 7 nitrogen and oxygen atoms in total. The van der Waals surface area contributed by atoms with Crippen molar-refractivity contribution in [2.75, 3.05) is 10.2 Å². The van der Waals surface area contributed by atoms with Crippen LogP contribution in [0.1, 0.15) is 24.8 Å². The van der Waals surface area contributed by atoms with E-state index < -0.39 is 5.82 Å². The molecule has 2 aliphatic rings. The first-order chi connectivity index (χ1) is 14.6. The van der Waals surface area contributed by atoms with Crippen LogP contribution >= 0.6 is 0 Å². The van der Waals surface area contributed by atoms with Gasteiger partial charge >= 0.3 is 0 Å². The Kier molecular flexibility index (Phi) is 4.61. The summed E-state index contributed by atoms with van der Waals surface area (Å²) in [6.07, 6.45) is 8.58. The Labute approximate surface area is 173 Å². The predicted octanol–water partition coefficient (Wildman–Crippen LogP) is 3.38. The number of rotatable bonds is 4. The molecule has 5 rings (SSSR count). The smallest absolute Gasteiger partial charge is 0.247 e. The largest absolute Gasteiger partial charge is 0.326 e. The van der Waals surface area contributed by atoms with Crippen molar-refractivity contribution < 1.29 is 9.18 Å². The molecule has 1 saturated carbocycles. The molecule has 1 saturated heterocycles. The molecule has 0 bridgehead atoms. The Hall–Kier alpha value is -3.42. The van der Waals surface area contributed by atoms with Gasteiger partial charge in [-0.2, -0.15) is 0 Å². The van der Waals surface area contributed by atoms with Crippen LogP contribution in [-0.2, 0) is 4.79 Å². The fourth-order valence-corrected chi connectivity index (χ4v) is 4.21. The number of carbonyl (C=O) groups excluding carboxylic acids is 1. The number of aromatic nitrogens is 4. The summed E-state index contributed by atoms with van der Waals surface area (Å²) in [7, 11) is 0. The molecule has 1 aromatic carbocycles. The van der Waals surface area contributed by atoms with E-state index in [-0.39, 0.29) is 11.9 Å². The van der Waals surface area contributed by atoms with E-state index in [9.17, 15) is 9.18 Å². The number of amides is 1. The number of aryl methyl sites for hydroxylation is 1. The van der Waals surface area contributed by atoms with Gasteiger partial charge in [-0.3, -0.25) is 4.79 Å². The summed E-state index contributed by atoms with van der Waals surface area (Å²) >= 11 is 0. The lowest BCUT2D eigenvalue weighted by molar-refractivity contribution is -0.117. The fraction of sp³-hybridized carbons (Fsp3) is 0.318. The normalized spacial score (nSPS) is 22.3. The van der Waals surface area contributed by atoms with E-state index in [2.05, 4.69) is 30.2 Å². The van der Waals surface area contributed by atoms with Crippen LogP contribution in [0.5, 0.6) is 0 Å². The number of hydrogen-bond acceptors (Lipinski definition) is 6. The highest BCUT2D eigenvalue weighted by Crippen LogP contribution is 2.46. The molecule has 2 aromatic heterocycles. The van der Waals surface area contributed by atoms with E-state index in [0.717, 1.165) is 42.8 Å². The lowest BCUT2D eigenvalue weighted by Crippen LogP contribution is -2.49. The number of nitrogens with one attached hydrogen (secondary N) is 1. The van der Waals surface area contributed by atoms with Crippen LogP contribution < -0.4 is 10.2 Å². The van der Waals surface area contributed by atoms with Gasteiger partial charge in [0.2, 0.25) is 11.9 Å². The van der Waals surface area contributed by atoms with Crippen LogP contribution in [0.2, 0.25) is 0 Å². The number of nitrogens with zero attached hydrogens (tertiary/aromatic N) is 5. The number of carbonyl (C=O) groups is 1. The first-order valence-electron chi connectivity index (χ1n) is 10.0. The third kappa shape index (κ3) is 3.49. The van der Waals surface area contributed by atoms with Crippen molar-refractivity contribution in [1.82, 2.24) is 19.9 Å². The molecule has 3 heterocycles. The van der Waals surface area contributed by atoms with Gasteiger partial charge in [-0.1, -0.05) is 6.07 Å². The summed E-state index contributed by atoms with van der Waals surface area (Å²) in [4.78, 5) is 32.2. The third-order valence-corrected chi connectivity index (χ3v) is 5.84. The zero-order valence-electron chi connectivity index (χ0n) is 16.5. The molecule has 0 spiro atoms. The van der Waals surface area contributed by atoms with E-state index >= 15 is 0 Å². The summed E-state index contributed by atoms with van der Waals surface area (Å²) in [5.74, 6) is 1.08. The van der Waals surface area contributed by atoms with Crippen LogP contribution in [0.15, 0.2) is 49.1 Å². The second kappa shape index (κ2) is 7.44. The molecule has 8 heteroatoms. The minimum Gasteiger partial charge on any atom is -0.326 e. The van der Waals surface area contributed by atoms with E-state index in [4.69, 9.17) is 0 Å². The zero-order valence-corrected chi connectivity index (χ0v) is 16.5. The summed E-state index contributed by atoms with van der Waals surface area (Å²) in [5, 5.41) is 3.03. The number of piperidine rings is 1. The van der Waals surface area contributed by atoms with E-state index in [0.29, 0.717) is 29.4 Å². The van der Waals surface area contributed by atoms with Crippen LogP contribution in [-0.4, -0.2) is 37.9 Å². The standard InChI is InChI=1S/C22H21FN6O/c1-13-3-5-16(10-17(13)20-26-11-15(23)12-27-20)28-21(30)18-6-4-14-9-19(14)29(18)22-24-7-2-8-25-22/h2-3,5,7-8,10-12,14,18-19H,4,6,9H2,1H3,(H,28,30)/t14-,18?,19?/m0/s1. The molecule has 2 unspecified atom stereocenters. The number of anilines is 2. The van der Waals surface area contributed by atoms with Gasteiger partial charge in [0.25, 0.3) is 0 Å². The van der Waals surface area contributed by atoms with Crippen LogP contribution in [0.3, 0.4) is 0 Å². The van der Waals surface area contributed by atoms with Crippen LogP contribution in [0.25, 0.3) is 11.4 Å². The van der Waals surface area contributed by atoms with Crippen LogP contribution in [0, 0.1) is 18.7 Å². The Morgan fingerprint density at radius 3 is 2.67 bits per heavy atom. The summed E-state index contributed by atoms with van der Waals surface area (Å²) in [6.45, 7) is 1.93. The Morgan fingerprint density at radius 2 is 1.90 bits per heavy atom. The molecule has 3 aromatic rings. The van der Waals surface area contributed by atoms with Gasteiger partial charge in [0, 0.05) is 29.7 Å². The minimum absolute atomic E-state index is 0.0809. The van der Waals surface area contributed by atoms with Crippen molar-refractivity contribution in [2.24, 2.45) is 5.92 Å². The number of fused-ring (bicyclic) bond motifs is 1. The maximum Gasteiger partial charge on any atom is 0.247 e. The lowest BCUT2D eigenvalue weighted by atomic mass is 10.0. The van der Waals surface area contributed by atoms with Gasteiger partial charge in [0.05, 0.1) is 12.4 Å². The van der Waals surface area contributed by atoms with Gasteiger partial charge < -0.3 is 10.2 Å². The van der Waals surface area contributed by atoms with Crippen molar-refractivity contribution >= 4 is 17.5 Å². The fourth-order valence-electron chi connectivity index (χ4n) is 4.21. The van der Waals surface area contributed by atoms with Gasteiger partial charge in [0.15, 0.2) is 11.6 Å². The summed E-state index contributed by atoms with van der Waals surface area (Å²) in [6, 6.07) is 7.37. The van der Waals surface area contributed by atoms with E-state index in [1.54, 1.807) is 18.5 Å². The van der Waals surface area contributed by atoms with Crippen molar-refractivity contribution in [2.45, 2.75) is 38.3 Å². The minimum atomic E-state index is -0.486. The van der Waals surface area contributed by atoms with Crippen molar-refractivity contribution in [3.05, 3.63) is 60.4 Å². The average molecular weight is 404 g/mol. The topological polar surface area (TPSA) is 83.9 Å². The van der Waals surface area contributed by atoms with Gasteiger partial charge in [-0.25, -0.2) is 24.3 Å². The average Bonchev–Trinajstić information content (AvgIpc) is 3.55. The SMILES string of the molecule is Cc1ccc(NC(=O)C2CC[C@H]3CC3N2c2ncccn2)cc1-c1ncc(F)cn1. The monoisotopic (exact) mass is 404 g/mol. The number of halogens is 1. The molecule has 1 N–H and O–H groups in total. The third-order valence-electron chi connectivity index (χ3n) is 5.84. The quantitative estimate of drug-likeness (QED) is 0.718. The van der Waals surface area contributed by atoms with Crippen molar-refractivity contribution in [3.8, 4) is 11.4 Å². The second-order valence-electron chi connectivity index (χ2n) is 7.86. The highest BCUT2D eigenvalue weighted by molar-refractivity contribution is 5.97. The summed E-state index contributed by atoms with van der Waals surface area (Å²) < 4.78 is 13.2. The Bertz CT molecular complexity index is 1070. The molecule has 1 aliphatic heterocycles. The molecule has 0 radical (unpaired) electrons. The molecule has 152 valence electrons. The van der Waals surface area contributed by atoms with Crippen LogP contribution in [0.4, 0.5) is 16.0 Å². The molecule has 1 amide bonds. The van der Waals surface area contributed by atoms with Gasteiger partial charge in [-0.15, -0.1) is 0 Å². The first kappa shape index (κ1) is 18.6. The number of hydrogen-bond donors (Lipinski definition) is 1. The predicted molar refractivity (Wildman–Crippen MR) is 110 cm³/mol. The first-order valence-corrected chi connectivity index (χ1v) is 10.0. The lowest BCUT2D eigenvalue weighted by Gasteiger charge is -2.34. The molecule has 30 heavy (non-hydrogen) atoms. The highest BCUT2D eigenvalue weighted by Gasteiger charge is 2.50. The maximum atomic E-state index is 13.2. The molecule has 1 aliphatic carbocycles. The van der Waals surface area contributed by atoms with Gasteiger partial charge in [0.1, 0.15) is 6.04 Å². The number of benzene rings is 1. The van der Waals surface area contributed by atoms with Crippen molar-refractivity contribution in [3.63, 3.8) is 0 Å².